The summed E-state index contributed by atoms with van der Waals surface area (Å²) in [6.45, 7) is 3.31. The zero-order valence-electron chi connectivity index (χ0n) is 2.69. The molecule has 0 aromatic carbocycles. The molecule has 0 aliphatic carbocycles. The van der Waals surface area contributed by atoms with Crippen molar-refractivity contribution in [2.24, 2.45) is 0 Å². The third-order valence-electron chi connectivity index (χ3n) is 0.161. The number of nitrogens with one attached hydrogen (secondary N) is 1. The molecule has 0 unspecified atom stereocenters. The van der Waals surface area contributed by atoms with Crippen LogP contribution in [0.5, 0.6) is 0 Å². The SMILES string of the molecule is C=CN[C]=S. The van der Waals surface area contributed by atoms with E-state index in [-0.39, 0.29) is 0 Å². The van der Waals surface area contributed by atoms with Crippen LogP contribution < -0.4 is 5.32 Å². The van der Waals surface area contributed by atoms with E-state index in [1.54, 1.807) is 0 Å². The minimum Gasteiger partial charge on any atom is -0.351 e. The third kappa shape index (κ3) is 3.63. The van der Waals surface area contributed by atoms with Gasteiger partial charge in [-0.15, -0.1) is 0 Å². The highest BCUT2D eigenvalue weighted by molar-refractivity contribution is 7.78. The number of hydrogen-bond acceptors (Lipinski definition) is 1. The van der Waals surface area contributed by atoms with Crippen molar-refractivity contribution in [1.82, 2.24) is 5.32 Å². The molecule has 0 rings (SSSR count). The second-order valence-electron chi connectivity index (χ2n) is 0.451. The van der Waals surface area contributed by atoms with E-state index in [0.29, 0.717) is 0 Å². The van der Waals surface area contributed by atoms with Gasteiger partial charge in [-0.3, -0.25) is 0 Å². The molecule has 0 fully saturated rings. The fourth-order valence-electron chi connectivity index (χ4n) is 0.0417. The van der Waals surface area contributed by atoms with Crippen molar-refractivity contribution >= 4 is 17.7 Å². The molecule has 0 bridgehead atoms. The average Bonchev–Trinajstić information content (AvgIpc) is 1.41. The average molecular weight is 86.1 g/mol. The van der Waals surface area contributed by atoms with Crippen LogP contribution in [0.1, 0.15) is 0 Å². The second kappa shape index (κ2) is 3.63. The van der Waals surface area contributed by atoms with Gasteiger partial charge >= 0.3 is 0 Å². The van der Waals surface area contributed by atoms with Gasteiger partial charge in [-0.05, 0) is 6.20 Å². The molecule has 0 aromatic rings. The van der Waals surface area contributed by atoms with Crippen LogP contribution in [0.3, 0.4) is 0 Å². The van der Waals surface area contributed by atoms with Gasteiger partial charge in [-0.25, -0.2) is 0 Å². The van der Waals surface area contributed by atoms with Gasteiger partial charge in [0.2, 0.25) is 0 Å². The maximum absolute atomic E-state index is 4.22. The van der Waals surface area contributed by atoms with Crippen molar-refractivity contribution in [3.63, 3.8) is 0 Å². The summed E-state index contributed by atoms with van der Waals surface area (Å²) in [5, 5.41) is 2.44. The van der Waals surface area contributed by atoms with Crippen molar-refractivity contribution in [3.8, 4) is 0 Å². The molecule has 2 heteroatoms. The van der Waals surface area contributed by atoms with E-state index >= 15 is 0 Å². The molecule has 5 heavy (non-hydrogen) atoms. The molecule has 0 atom stereocenters. The molecule has 0 heterocycles. The largest absolute Gasteiger partial charge is 0.351 e. The first kappa shape index (κ1) is 4.63. The summed E-state index contributed by atoms with van der Waals surface area (Å²) < 4.78 is 0. The summed E-state index contributed by atoms with van der Waals surface area (Å²) in [4.78, 5) is 0. The topological polar surface area (TPSA) is 12.0 Å². The van der Waals surface area contributed by atoms with E-state index in [1.165, 1.54) is 6.20 Å². The Balaban J connectivity index is 2.65. The molecular formula is C3H4NS. The lowest BCUT2D eigenvalue weighted by Gasteiger charge is -1.71. The molecule has 0 aromatic heterocycles. The van der Waals surface area contributed by atoms with Gasteiger partial charge in [-0.2, -0.15) is 0 Å². The van der Waals surface area contributed by atoms with Crippen LogP contribution in [-0.2, 0) is 0 Å². The molecule has 27 valence electrons. The highest BCUT2D eigenvalue weighted by atomic mass is 32.1. The lowest BCUT2D eigenvalue weighted by atomic mass is 11.0. The molecule has 0 spiro atoms. The molecule has 1 radical (unpaired) electrons. The van der Waals surface area contributed by atoms with Gasteiger partial charge in [0, 0.05) is 0 Å². The fourth-order valence-corrected chi connectivity index (χ4v) is 0.125. The first-order valence-electron chi connectivity index (χ1n) is 1.15. The van der Waals surface area contributed by atoms with Crippen molar-refractivity contribution in [2.45, 2.75) is 0 Å². The summed E-state index contributed by atoms with van der Waals surface area (Å²) in [5.74, 6) is 0. The minimum absolute atomic E-state index is 1.47. The highest BCUT2D eigenvalue weighted by Crippen LogP contribution is 1.42. The van der Waals surface area contributed by atoms with Crippen molar-refractivity contribution in [3.05, 3.63) is 12.8 Å². The molecular weight excluding hydrogens is 82.1 g/mol. The van der Waals surface area contributed by atoms with Gasteiger partial charge in [-0.1, -0.05) is 18.8 Å². The maximum atomic E-state index is 4.22. The Morgan fingerprint density at radius 2 is 2.60 bits per heavy atom. The van der Waals surface area contributed by atoms with Crippen LogP contribution in [0.15, 0.2) is 12.8 Å². The molecule has 0 amide bonds. The quantitative estimate of drug-likeness (QED) is 0.389. The Morgan fingerprint density at radius 1 is 2.00 bits per heavy atom. The fraction of sp³-hybridized carbons (Fsp3) is 0. The summed E-state index contributed by atoms with van der Waals surface area (Å²) in [6.07, 6.45) is 1.47. The highest BCUT2D eigenvalue weighted by Gasteiger charge is 1.49. The molecule has 0 aliphatic heterocycles. The van der Waals surface area contributed by atoms with E-state index < -0.39 is 0 Å². The predicted octanol–water partition coefficient (Wildman–Crippen LogP) is 0.554. The van der Waals surface area contributed by atoms with E-state index in [1.807, 2.05) is 0 Å². The summed E-state index contributed by atoms with van der Waals surface area (Å²) in [5.41, 5.74) is 2.23. The molecule has 0 saturated heterocycles. The number of rotatable bonds is 2. The van der Waals surface area contributed by atoms with Gasteiger partial charge < -0.3 is 5.32 Å². The zero-order chi connectivity index (χ0) is 4.12. The van der Waals surface area contributed by atoms with E-state index in [4.69, 9.17) is 0 Å². The number of thiocarbonyl (C=S) groups is 1. The number of hydrogen-bond donors (Lipinski definition) is 1. The third-order valence-corrected chi connectivity index (χ3v) is 0.279. The zero-order valence-corrected chi connectivity index (χ0v) is 3.51. The van der Waals surface area contributed by atoms with Crippen LogP contribution in [0.4, 0.5) is 0 Å². The van der Waals surface area contributed by atoms with Crippen LogP contribution in [0.2, 0.25) is 0 Å². The molecule has 0 saturated carbocycles. The first-order valence-corrected chi connectivity index (χ1v) is 1.56. The Labute approximate surface area is 36.7 Å². The van der Waals surface area contributed by atoms with Crippen LogP contribution >= 0.6 is 12.2 Å². The van der Waals surface area contributed by atoms with E-state index in [2.05, 4.69) is 29.6 Å². The minimum atomic E-state index is 1.47. The molecule has 1 N–H and O–H groups in total. The van der Waals surface area contributed by atoms with E-state index in [0.717, 1.165) is 0 Å². The van der Waals surface area contributed by atoms with E-state index in [9.17, 15) is 0 Å². The van der Waals surface area contributed by atoms with Crippen LogP contribution in [-0.4, -0.2) is 5.49 Å². The monoisotopic (exact) mass is 86.0 g/mol. The van der Waals surface area contributed by atoms with Gasteiger partial charge in [0.25, 0.3) is 0 Å². The Kier molecular flexibility index (Phi) is 3.36. The summed E-state index contributed by atoms with van der Waals surface area (Å²) >= 11 is 4.22. The lowest BCUT2D eigenvalue weighted by Crippen LogP contribution is -1.93. The Bertz CT molecular complexity index is 36.2. The maximum Gasteiger partial charge on any atom is 0.138 e. The van der Waals surface area contributed by atoms with Crippen molar-refractivity contribution in [1.29, 1.82) is 0 Å². The Morgan fingerprint density at radius 3 is 2.60 bits per heavy atom. The molecule has 0 aliphatic rings. The van der Waals surface area contributed by atoms with Gasteiger partial charge in [0.05, 0.1) is 0 Å². The predicted molar refractivity (Wildman–Crippen MR) is 25.9 cm³/mol. The smallest absolute Gasteiger partial charge is 0.138 e. The molecule has 1 nitrogen and oxygen atoms in total. The Hall–Kier alpha value is -0.370. The van der Waals surface area contributed by atoms with Crippen molar-refractivity contribution < 1.29 is 0 Å². The second-order valence-corrected chi connectivity index (χ2v) is 0.655. The lowest BCUT2D eigenvalue weighted by molar-refractivity contribution is 1.37. The normalized spacial score (nSPS) is 5.60. The summed E-state index contributed by atoms with van der Waals surface area (Å²) in [7, 11) is 0. The summed E-state index contributed by atoms with van der Waals surface area (Å²) in [6, 6.07) is 0. The van der Waals surface area contributed by atoms with Crippen LogP contribution in [0, 0.1) is 0 Å². The van der Waals surface area contributed by atoms with Crippen molar-refractivity contribution in [2.75, 3.05) is 0 Å². The van der Waals surface area contributed by atoms with Gasteiger partial charge in [0.15, 0.2) is 0 Å². The standard InChI is InChI=1S/C3H4NS/c1-2-4-3-5/h2H,1H2,(H,4,5). The van der Waals surface area contributed by atoms with Gasteiger partial charge in [0.1, 0.15) is 5.49 Å². The first-order chi connectivity index (χ1) is 2.41. The van der Waals surface area contributed by atoms with Crippen LogP contribution in [0.25, 0.3) is 0 Å².